The van der Waals surface area contributed by atoms with Gasteiger partial charge in [0.1, 0.15) is 5.15 Å². The van der Waals surface area contributed by atoms with Gasteiger partial charge in [0.25, 0.3) is 0 Å². The van der Waals surface area contributed by atoms with Gasteiger partial charge >= 0.3 is 0 Å². The maximum Gasteiger partial charge on any atom is 0.250 e. The van der Waals surface area contributed by atoms with Crippen LogP contribution in [0.1, 0.15) is 5.82 Å². The largest absolute Gasteiger partial charge is 0.250 e. The topological polar surface area (TPSA) is 25.8 Å². The maximum atomic E-state index is 12.5. The summed E-state index contributed by atoms with van der Waals surface area (Å²) >= 11 is 21.5. The van der Waals surface area contributed by atoms with Crippen LogP contribution in [0, 0.1) is 5.95 Å². The molecule has 0 atom stereocenters. The molecule has 1 aromatic heterocycles. The summed E-state index contributed by atoms with van der Waals surface area (Å²) in [5.74, 6) is -1.12. The number of hydrogen-bond acceptors (Lipinski definition) is 2. The van der Waals surface area contributed by atoms with Crippen molar-refractivity contribution in [1.29, 1.82) is 0 Å². The van der Waals surface area contributed by atoms with Gasteiger partial charge in [-0.25, -0.2) is 4.98 Å². The molecule has 0 N–H and O–H groups in total. The van der Waals surface area contributed by atoms with Crippen LogP contribution in [0.5, 0.6) is 0 Å². The van der Waals surface area contributed by atoms with Crippen molar-refractivity contribution in [3.63, 3.8) is 0 Å². The first-order valence-corrected chi connectivity index (χ1v) is 4.18. The average Bonchev–Trinajstić information content (AvgIpc) is 1.82. The molecule has 0 saturated carbocycles. The van der Waals surface area contributed by atoms with E-state index in [0.717, 1.165) is 6.07 Å². The standard InChI is InChI=1S/C5HCl4FN2/c6-2-1-3(10)12-4(11-2)5(7,8)9/h1H. The van der Waals surface area contributed by atoms with Crippen molar-refractivity contribution in [2.24, 2.45) is 0 Å². The molecule has 0 aliphatic rings. The van der Waals surface area contributed by atoms with Gasteiger partial charge in [0.05, 0.1) is 0 Å². The normalized spacial score (nSPS) is 11.8. The fourth-order valence-electron chi connectivity index (χ4n) is 0.517. The van der Waals surface area contributed by atoms with Gasteiger partial charge < -0.3 is 0 Å². The lowest BCUT2D eigenvalue weighted by molar-refractivity contribution is 0.571. The third-order valence-corrected chi connectivity index (χ3v) is 1.62. The molecule has 0 aliphatic heterocycles. The van der Waals surface area contributed by atoms with Crippen molar-refractivity contribution >= 4 is 46.4 Å². The highest BCUT2D eigenvalue weighted by molar-refractivity contribution is 6.66. The van der Waals surface area contributed by atoms with Crippen LogP contribution in [0.3, 0.4) is 0 Å². The third kappa shape index (κ3) is 2.59. The molecule has 0 unspecified atom stereocenters. The van der Waals surface area contributed by atoms with Crippen LogP contribution in [0.25, 0.3) is 0 Å². The Morgan fingerprint density at radius 1 is 1.25 bits per heavy atom. The number of halogens is 5. The summed E-state index contributed by atoms with van der Waals surface area (Å²) in [6.45, 7) is 0. The fourth-order valence-corrected chi connectivity index (χ4v) is 0.941. The Balaban J connectivity index is 3.18. The quantitative estimate of drug-likeness (QED) is 0.522. The highest BCUT2D eigenvalue weighted by Gasteiger charge is 2.27. The van der Waals surface area contributed by atoms with Crippen molar-refractivity contribution < 1.29 is 4.39 Å². The van der Waals surface area contributed by atoms with E-state index in [-0.39, 0.29) is 11.0 Å². The van der Waals surface area contributed by atoms with Gasteiger partial charge in [0.2, 0.25) is 9.74 Å². The molecule has 2 nitrogen and oxygen atoms in total. The Morgan fingerprint density at radius 3 is 2.25 bits per heavy atom. The summed E-state index contributed by atoms with van der Waals surface area (Å²) in [5.41, 5.74) is 0. The summed E-state index contributed by atoms with van der Waals surface area (Å²) in [5, 5.41) is -0.108. The highest BCUT2D eigenvalue weighted by Crippen LogP contribution is 2.36. The van der Waals surface area contributed by atoms with Crippen molar-refractivity contribution in [1.82, 2.24) is 9.97 Å². The zero-order chi connectivity index (χ0) is 9.35. The molecule has 0 aromatic carbocycles. The molecule has 12 heavy (non-hydrogen) atoms. The van der Waals surface area contributed by atoms with Crippen LogP contribution in [0.4, 0.5) is 4.39 Å². The molecule has 0 bridgehead atoms. The minimum absolute atomic E-state index is 0.108. The summed E-state index contributed by atoms with van der Waals surface area (Å²) in [4.78, 5) is 6.77. The molecule has 0 spiro atoms. The number of aromatic nitrogens is 2. The summed E-state index contributed by atoms with van der Waals surface area (Å²) in [7, 11) is 0. The van der Waals surface area contributed by atoms with E-state index in [0.29, 0.717) is 0 Å². The van der Waals surface area contributed by atoms with Crippen LogP contribution >= 0.6 is 46.4 Å². The second-order valence-corrected chi connectivity index (χ2v) is 4.50. The Bertz CT molecular complexity index is 278. The molecule has 0 aliphatic carbocycles. The predicted molar refractivity (Wildman–Crippen MR) is 46.2 cm³/mol. The summed E-state index contributed by atoms with van der Waals surface area (Å²) < 4.78 is 10.7. The first-order valence-electron chi connectivity index (χ1n) is 2.67. The molecule has 66 valence electrons. The van der Waals surface area contributed by atoms with Gasteiger partial charge in [-0.15, -0.1) is 0 Å². The Labute approximate surface area is 87.6 Å². The molecule has 0 saturated heterocycles. The highest BCUT2D eigenvalue weighted by atomic mass is 35.6. The van der Waals surface area contributed by atoms with E-state index in [9.17, 15) is 4.39 Å². The lowest BCUT2D eigenvalue weighted by Crippen LogP contribution is -2.08. The van der Waals surface area contributed by atoms with Gasteiger partial charge in [-0.2, -0.15) is 9.37 Å². The molecule has 7 heteroatoms. The molecule has 1 aromatic rings. The zero-order valence-electron chi connectivity index (χ0n) is 5.36. The first kappa shape index (κ1) is 10.3. The summed E-state index contributed by atoms with van der Waals surface area (Å²) in [6, 6.07) is 0.918. The van der Waals surface area contributed by atoms with Crippen LogP contribution in [-0.4, -0.2) is 9.97 Å². The van der Waals surface area contributed by atoms with Crippen molar-refractivity contribution in [3.8, 4) is 0 Å². The fraction of sp³-hybridized carbons (Fsp3) is 0.200. The second kappa shape index (κ2) is 3.50. The molecule has 0 amide bonds. The van der Waals surface area contributed by atoms with E-state index >= 15 is 0 Å². The number of nitrogens with zero attached hydrogens (tertiary/aromatic N) is 2. The molecule has 1 rings (SSSR count). The van der Waals surface area contributed by atoms with Crippen molar-refractivity contribution in [2.75, 3.05) is 0 Å². The molecular formula is C5HCl4FN2. The lowest BCUT2D eigenvalue weighted by atomic mass is 10.6. The van der Waals surface area contributed by atoms with Gasteiger partial charge in [-0.1, -0.05) is 46.4 Å². The number of hydrogen-bond donors (Lipinski definition) is 0. The lowest BCUT2D eigenvalue weighted by Gasteiger charge is -2.08. The van der Waals surface area contributed by atoms with E-state index in [2.05, 4.69) is 9.97 Å². The number of rotatable bonds is 0. The summed E-state index contributed by atoms with van der Waals surface area (Å²) in [6.07, 6.45) is 0. The minimum Gasteiger partial charge on any atom is -0.216 e. The van der Waals surface area contributed by atoms with E-state index in [4.69, 9.17) is 46.4 Å². The molecule has 1 heterocycles. The van der Waals surface area contributed by atoms with E-state index < -0.39 is 9.74 Å². The predicted octanol–water partition coefficient (Wildman–Crippen LogP) is 3.10. The van der Waals surface area contributed by atoms with E-state index in [1.54, 1.807) is 0 Å². The van der Waals surface area contributed by atoms with E-state index in [1.807, 2.05) is 0 Å². The van der Waals surface area contributed by atoms with Crippen LogP contribution < -0.4 is 0 Å². The monoisotopic (exact) mass is 248 g/mol. The van der Waals surface area contributed by atoms with Crippen LogP contribution in [0.2, 0.25) is 5.15 Å². The second-order valence-electron chi connectivity index (χ2n) is 1.83. The third-order valence-electron chi connectivity index (χ3n) is 0.917. The number of alkyl halides is 3. The van der Waals surface area contributed by atoms with Gasteiger partial charge in [0.15, 0.2) is 5.82 Å². The SMILES string of the molecule is Fc1cc(Cl)nc(C(Cl)(Cl)Cl)n1. The zero-order valence-corrected chi connectivity index (χ0v) is 8.39. The van der Waals surface area contributed by atoms with Crippen LogP contribution in [-0.2, 0) is 3.79 Å². The average molecular weight is 250 g/mol. The van der Waals surface area contributed by atoms with Gasteiger partial charge in [-0.3, -0.25) is 0 Å². The van der Waals surface area contributed by atoms with Crippen molar-refractivity contribution in [2.45, 2.75) is 3.79 Å². The molecule has 0 radical (unpaired) electrons. The maximum absolute atomic E-state index is 12.5. The molecule has 0 fully saturated rings. The van der Waals surface area contributed by atoms with Crippen LogP contribution in [0.15, 0.2) is 6.07 Å². The Kier molecular flexibility index (Phi) is 2.99. The van der Waals surface area contributed by atoms with Gasteiger partial charge in [-0.05, 0) is 0 Å². The Hall–Kier alpha value is 0.170. The minimum atomic E-state index is -1.86. The first-order chi connectivity index (χ1) is 5.39. The smallest absolute Gasteiger partial charge is 0.216 e. The van der Waals surface area contributed by atoms with Gasteiger partial charge in [0, 0.05) is 6.07 Å². The van der Waals surface area contributed by atoms with E-state index in [1.165, 1.54) is 0 Å². The Morgan fingerprint density at radius 2 is 1.83 bits per heavy atom. The molecular weight excluding hydrogens is 249 g/mol. The van der Waals surface area contributed by atoms with Crippen molar-refractivity contribution in [3.05, 3.63) is 23.0 Å².